The fourth-order valence-corrected chi connectivity index (χ4v) is 3.92. The van der Waals surface area contributed by atoms with Crippen molar-refractivity contribution in [3.8, 4) is 0 Å². The Kier molecular flexibility index (Phi) is 10.1. The van der Waals surface area contributed by atoms with E-state index in [0.29, 0.717) is 11.8 Å². The Labute approximate surface area is 142 Å². The minimum Gasteiger partial charge on any atom is -0.356 e. The lowest BCUT2D eigenvalue weighted by molar-refractivity contribution is -0.126. The molecule has 0 aromatic rings. The van der Waals surface area contributed by atoms with Crippen molar-refractivity contribution >= 4 is 18.3 Å². The topological polar surface area (TPSA) is 41.1 Å². The highest BCUT2D eigenvalue weighted by Crippen LogP contribution is 2.31. The molecule has 22 heavy (non-hydrogen) atoms. The number of rotatable bonds is 7. The molecule has 0 aromatic carbocycles. The van der Waals surface area contributed by atoms with Gasteiger partial charge in [-0.05, 0) is 69.9 Å². The van der Waals surface area contributed by atoms with Crippen LogP contribution in [0.2, 0.25) is 0 Å². The van der Waals surface area contributed by atoms with Crippen LogP contribution in [0.1, 0.15) is 71.1 Å². The molecule has 130 valence electrons. The van der Waals surface area contributed by atoms with Gasteiger partial charge in [-0.2, -0.15) is 0 Å². The molecule has 3 nitrogen and oxygen atoms in total. The predicted molar refractivity (Wildman–Crippen MR) is 95.4 cm³/mol. The number of piperidine rings is 1. The third-order valence-corrected chi connectivity index (χ3v) is 5.43. The summed E-state index contributed by atoms with van der Waals surface area (Å²) < 4.78 is 0. The summed E-state index contributed by atoms with van der Waals surface area (Å²) in [6.45, 7) is 5.45. The fourth-order valence-electron chi connectivity index (χ4n) is 3.92. The monoisotopic (exact) mass is 330 g/mol. The van der Waals surface area contributed by atoms with E-state index in [2.05, 4.69) is 17.6 Å². The molecule has 1 heterocycles. The lowest BCUT2D eigenvalue weighted by Crippen LogP contribution is -2.36. The van der Waals surface area contributed by atoms with Crippen LogP contribution in [0.15, 0.2) is 0 Å². The number of unbranched alkanes of at least 4 members (excludes halogenated alkanes) is 1. The Hall–Kier alpha value is -0.280. The lowest BCUT2D eigenvalue weighted by Gasteiger charge is -2.28. The van der Waals surface area contributed by atoms with Crippen molar-refractivity contribution in [3.05, 3.63) is 0 Å². The normalized spacial score (nSPS) is 28.7. The Morgan fingerprint density at radius 3 is 2.50 bits per heavy atom. The summed E-state index contributed by atoms with van der Waals surface area (Å²) in [7, 11) is 0. The quantitative estimate of drug-likeness (QED) is 0.743. The largest absolute Gasteiger partial charge is 0.356 e. The second kappa shape index (κ2) is 11.3. The molecule has 0 radical (unpaired) electrons. The van der Waals surface area contributed by atoms with Gasteiger partial charge in [0.1, 0.15) is 0 Å². The molecule has 2 aliphatic rings. The third kappa shape index (κ3) is 6.87. The minimum atomic E-state index is 0. The number of carbonyl (C=O) groups excluding carboxylic acids is 1. The second-order valence-corrected chi connectivity index (χ2v) is 7.15. The molecule has 1 aliphatic carbocycles. The molecule has 1 amide bonds. The highest BCUT2D eigenvalue weighted by atomic mass is 35.5. The van der Waals surface area contributed by atoms with Gasteiger partial charge >= 0.3 is 0 Å². The Morgan fingerprint density at radius 1 is 1.09 bits per heavy atom. The van der Waals surface area contributed by atoms with Crippen LogP contribution < -0.4 is 10.6 Å². The zero-order valence-corrected chi connectivity index (χ0v) is 15.1. The van der Waals surface area contributed by atoms with Gasteiger partial charge in [0.05, 0.1) is 0 Å². The van der Waals surface area contributed by atoms with Crippen LogP contribution >= 0.6 is 12.4 Å². The molecule has 4 heteroatoms. The standard InChI is InChI=1S/C18H34N2O.ClH/c1-2-3-5-15-7-9-17(10-8-15)18(21)20-13-11-16-6-4-12-19-14-16;/h15-17,19H,2-14H2,1H3,(H,20,21);1H. The van der Waals surface area contributed by atoms with E-state index in [4.69, 9.17) is 0 Å². The Balaban J connectivity index is 0.00000242. The summed E-state index contributed by atoms with van der Waals surface area (Å²) in [5.74, 6) is 2.28. The van der Waals surface area contributed by atoms with Crippen LogP contribution in [0, 0.1) is 17.8 Å². The van der Waals surface area contributed by atoms with Gasteiger partial charge in [0.25, 0.3) is 0 Å². The number of hydrogen-bond acceptors (Lipinski definition) is 2. The molecule has 1 unspecified atom stereocenters. The van der Waals surface area contributed by atoms with Crippen molar-refractivity contribution < 1.29 is 4.79 Å². The van der Waals surface area contributed by atoms with E-state index in [1.165, 1.54) is 51.5 Å². The van der Waals surface area contributed by atoms with Gasteiger partial charge in [-0.3, -0.25) is 4.79 Å². The van der Waals surface area contributed by atoms with E-state index in [9.17, 15) is 4.79 Å². The average Bonchev–Trinajstić information content (AvgIpc) is 2.54. The van der Waals surface area contributed by atoms with Gasteiger partial charge in [0.15, 0.2) is 0 Å². The summed E-state index contributed by atoms with van der Waals surface area (Å²) in [6.07, 6.45) is 12.6. The molecule has 1 atom stereocenters. The zero-order chi connectivity index (χ0) is 14.9. The first kappa shape index (κ1) is 19.8. The van der Waals surface area contributed by atoms with E-state index < -0.39 is 0 Å². The predicted octanol–water partition coefficient (Wildman–Crippen LogP) is 3.91. The van der Waals surface area contributed by atoms with Crippen LogP contribution in [0.3, 0.4) is 0 Å². The Bertz CT molecular complexity index is 297. The molecular formula is C18H35ClN2O. The molecule has 1 saturated heterocycles. The number of amides is 1. The first-order valence-corrected chi connectivity index (χ1v) is 9.28. The van der Waals surface area contributed by atoms with Gasteiger partial charge in [0.2, 0.25) is 5.91 Å². The molecule has 1 saturated carbocycles. The van der Waals surface area contributed by atoms with Crippen molar-refractivity contribution in [1.29, 1.82) is 0 Å². The van der Waals surface area contributed by atoms with E-state index >= 15 is 0 Å². The van der Waals surface area contributed by atoms with Crippen molar-refractivity contribution in [2.75, 3.05) is 19.6 Å². The second-order valence-electron chi connectivity index (χ2n) is 7.15. The van der Waals surface area contributed by atoms with Crippen LogP contribution in [0.25, 0.3) is 0 Å². The summed E-state index contributed by atoms with van der Waals surface area (Å²) in [4.78, 5) is 12.2. The maximum atomic E-state index is 12.2. The SMILES string of the molecule is CCCCC1CCC(C(=O)NCCC2CCCNC2)CC1.Cl. The van der Waals surface area contributed by atoms with Gasteiger partial charge in [0, 0.05) is 12.5 Å². The van der Waals surface area contributed by atoms with Crippen LogP contribution in [0.4, 0.5) is 0 Å². The van der Waals surface area contributed by atoms with E-state index in [0.717, 1.165) is 44.2 Å². The summed E-state index contributed by atoms with van der Waals surface area (Å²) in [6, 6.07) is 0. The molecule has 0 aromatic heterocycles. The lowest BCUT2D eigenvalue weighted by atomic mass is 9.79. The maximum absolute atomic E-state index is 12.2. The summed E-state index contributed by atoms with van der Waals surface area (Å²) in [5, 5.41) is 6.64. The average molecular weight is 331 g/mol. The van der Waals surface area contributed by atoms with Crippen molar-refractivity contribution in [1.82, 2.24) is 10.6 Å². The first-order valence-electron chi connectivity index (χ1n) is 9.28. The number of hydrogen-bond donors (Lipinski definition) is 2. The maximum Gasteiger partial charge on any atom is 0.223 e. The molecule has 2 rings (SSSR count). The molecule has 0 spiro atoms. The molecular weight excluding hydrogens is 296 g/mol. The molecule has 2 N–H and O–H groups in total. The fraction of sp³-hybridized carbons (Fsp3) is 0.944. The van der Waals surface area contributed by atoms with Crippen molar-refractivity contribution in [2.45, 2.75) is 71.1 Å². The summed E-state index contributed by atoms with van der Waals surface area (Å²) >= 11 is 0. The highest BCUT2D eigenvalue weighted by Gasteiger charge is 2.25. The first-order chi connectivity index (χ1) is 10.3. The highest BCUT2D eigenvalue weighted by molar-refractivity contribution is 5.85. The van der Waals surface area contributed by atoms with Crippen LogP contribution in [-0.2, 0) is 4.79 Å². The van der Waals surface area contributed by atoms with Gasteiger partial charge in [-0.1, -0.05) is 26.2 Å². The number of carbonyl (C=O) groups is 1. The smallest absolute Gasteiger partial charge is 0.223 e. The van der Waals surface area contributed by atoms with Crippen molar-refractivity contribution in [2.24, 2.45) is 17.8 Å². The number of halogens is 1. The van der Waals surface area contributed by atoms with Crippen molar-refractivity contribution in [3.63, 3.8) is 0 Å². The van der Waals surface area contributed by atoms with E-state index in [1.54, 1.807) is 0 Å². The third-order valence-electron chi connectivity index (χ3n) is 5.43. The van der Waals surface area contributed by atoms with E-state index in [1.807, 2.05) is 0 Å². The zero-order valence-electron chi connectivity index (χ0n) is 14.2. The van der Waals surface area contributed by atoms with E-state index in [-0.39, 0.29) is 12.4 Å². The minimum absolute atomic E-state index is 0. The van der Waals surface area contributed by atoms with Crippen LogP contribution in [0.5, 0.6) is 0 Å². The molecule has 2 fully saturated rings. The summed E-state index contributed by atoms with van der Waals surface area (Å²) in [5.41, 5.74) is 0. The molecule has 0 bridgehead atoms. The van der Waals surface area contributed by atoms with Crippen LogP contribution in [-0.4, -0.2) is 25.5 Å². The Morgan fingerprint density at radius 2 is 1.86 bits per heavy atom. The van der Waals surface area contributed by atoms with Gasteiger partial charge < -0.3 is 10.6 Å². The van der Waals surface area contributed by atoms with Gasteiger partial charge in [-0.15, -0.1) is 12.4 Å². The van der Waals surface area contributed by atoms with Gasteiger partial charge in [-0.25, -0.2) is 0 Å². The molecule has 1 aliphatic heterocycles. The number of nitrogens with one attached hydrogen (secondary N) is 2.